The number of benzene rings is 2. The zero-order chi connectivity index (χ0) is 20.5. The third kappa shape index (κ3) is 3.74. The SMILES string of the molecule is COC(=O)c1ccc2c(C(=O)Nc3nc(-c4ccc(C)c(Cl)c4)cs3)c[nH]c2c1. The van der Waals surface area contributed by atoms with Gasteiger partial charge in [0.2, 0.25) is 0 Å². The van der Waals surface area contributed by atoms with Gasteiger partial charge in [0.15, 0.2) is 5.13 Å². The molecule has 6 nitrogen and oxygen atoms in total. The standard InChI is InChI=1S/C21H16ClN3O3S/c1-11-3-4-12(7-16(11)22)18-10-29-21(24-18)25-19(26)15-9-23-17-8-13(20(27)28-2)5-6-14(15)17/h3-10,23H,1-2H3,(H,24,25,26). The number of anilines is 1. The van der Waals surface area contributed by atoms with Crippen molar-refractivity contribution in [2.75, 3.05) is 12.4 Å². The van der Waals surface area contributed by atoms with Gasteiger partial charge >= 0.3 is 5.97 Å². The molecule has 2 N–H and O–H groups in total. The number of halogens is 1. The van der Waals surface area contributed by atoms with E-state index in [-0.39, 0.29) is 5.91 Å². The first-order chi connectivity index (χ1) is 14.0. The Morgan fingerprint density at radius 3 is 2.79 bits per heavy atom. The molecular weight excluding hydrogens is 410 g/mol. The zero-order valence-electron chi connectivity index (χ0n) is 15.6. The van der Waals surface area contributed by atoms with E-state index in [0.717, 1.165) is 16.8 Å². The van der Waals surface area contributed by atoms with Crippen LogP contribution in [0, 0.1) is 6.92 Å². The molecular formula is C21H16ClN3O3S. The number of H-pyrrole nitrogens is 1. The summed E-state index contributed by atoms with van der Waals surface area (Å²) in [6.45, 7) is 1.94. The minimum Gasteiger partial charge on any atom is -0.465 e. The van der Waals surface area contributed by atoms with Crippen LogP contribution >= 0.6 is 22.9 Å². The normalized spacial score (nSPS) is 10.9. The molecule has 0 aliphatic rings. The molecule has 1 amide bonds. The fourth-order valence-electron chi connectivity index (χ4n) is 2.94. The van der Waals surface area contributed by atoms with E-state index in [9.17, 15) is 9.59 Å². The zero-order valence-corrected chi connectivity index (χ0v) is 17.1. The Morgan fingerprint density at radius 1 is 1.21 bits per heavy atom. The molecule has 2 aromatic heterocycles. The first-order valence-electron chi connectivity index (χ1n) is 8.69. The van der Waals surface area contributed by atoms with Crippen LogP contribution in [-0.2, 0) is 4.74 Å². The molecule has 0 fully saturated rings. The minimum atomic E-state index is -0.431. The number of thiazole rings is 1. The van der Waals surface area contributed by atoms with Crippen LogP contribution in [0.1, 0.15) is 26.3 Å². The molecule has 2 heterocycles. The Balaban J connectivity index is 1.56. The Labute approximate surface area is 175 Å². The molecule has 4 rings (SSSR count). The van der Waals surface area contributed by atoms with Gasteiger partial charge in [-0.1, -0.05) is 29.8 Å². The molecule has 146 valence electrons. The van der Waals surface area contributed by atoms with E-state index in [0.29, 0.717) is 32.2 Å². The molecule has 4 aromatic rings. The second kappa shape index (κ2) is 7.69. The number of nitrogens with one attached hydrogen (secondary N) is 2. The lowest BCUT2D eigenvalue weighted by Crippen LogP contribution is -2.11. The van der Waals surface area contributed by atoms with Gasteiger partial charge in [0.25, 0.3) is 5.91 Å². The lowest BCUT2D eigenvalue weighted by atomic mass is 10.1. The van der Waals surface area contributed by atoms with Crippen LogP contribution in [0.5, 0.6) is 0 Å². The third-order valence-corrected chi connectivity index (χ3v) is 5.70. The maximum Gasteiger partial charge on any atom is 0.337 e. The summed E-state index contributed by atoms with van der Waals surface area (Å²) in [6, 6.07) is 10.7. The third-order valence-electron chi connectivity index (χ3n) is 4.54. The van der Waals surface area contributed by atoms with Gasteiger partial charge in [0.05, 0.1) is 23.9 Å². The fourth-order valence-corrected chi connectivity index (χ4v) is 3.83. The molecule has 0 aliphatic carbocycles. The van der Waals surface area contributed by atoms with Crippen molar-refractivity contribution in [3.05, 3.63) is 69.7 Å². The Morgan fingerprint density at radius 2 is 2.03 bits per heavy atom. The highest BCUT2D eigenvalue weighted by atomic mass is 35.5. The van der Waals surface area contributed by atoms with E-state index in [2.05, 4.69) is 15.3 Å². The lowest BCUT2D eigenvalue weighted by Gasteiger charge is -2.02. The van der Waals surface area contributed by atoms with Gasteiger partial charge in [-0.15, -0.1) is 11.3 Å². The number of hydrogen-bond donors (Lipinski definition) is 2. The summed E-state index contributed by atoms with van der Waals surface area (Å²) >= 11 is 7.53. The van der Waals surface area contributed by atoms with Gasteiger partial charge in [-0.3, -0.25) is 10.1 Å². The number of esters is 1. The van der Waals surface area contributed by atoms with E-state index in [1.54, 1.807) is 24.4 Å². The van der Waals surface area contributed by atoms with Crippen molar-refractivity contribution in [1.82, 2.24) is 9.97 Å². The van der Waals surface area contributed by atoms with Gasteiger partial charge in [0.1, 0.15) is 0 Å². The van der Waals surface area contributed by atoms with E-state index in [1.807, 2.05) is 30.5 Å². The lowest BCUT2D eigenvalue weighted by molar-refractivity contribution is 0.0600. The van der Waals surface area contributed by atoms with Crippen molar-refractivity contribution in [1.29, 1.82) is 0 Å². The maximum absolute atomic E-state index is 12.7. The topological polar surface area (TPSA) is 84.1 Å². The second-order valence-corrected chi connectivity index (χ2v) is 7.68. The molecule has 0 bridgehead atoms. The van der Waals surface area contributed by atoms with E-state index < -0.39 is 5.97 Å². The largest absolute Gasteiger partial charge is 0.465 e. The Bertz CT molecular complexity index is 1250. The fraction of sp³-hybridized carbons (Fsp3) is 0.0952. The number of nitrogens with zero attached hydrogens (tertiary/aromatic N) is 1. The molecule has 29 heavy (non-hydrogen) atoms. The van der Waals surface area contributed by atoms with Crippen molar-refractivity contribution < 1.29 is 14.3 Å². The smallest absolute Gasteiger partial charge is 0.337 e. The molecule has 0 radical (unpaired) electrons. The molecule has 0 aliphatic heterocycles. The van der Waals surface area contributed by atoms with Crippen molar-refractivity contribution >= 4 is 50.8 Å². The number of carbonyl (C=O) groups is 2. The van der Waals surface area contributed by atoms with Crippen LogP contribution in [0.2, 0.25) is 5.02 Å². The average Bonchev–Trinajstić information content (AvgIpc) is 3.36. The molecule has 0 atom stereocenters. The number of aromatic amines is 1. The number of hydrogen-bond acceptors (Lipinski definition) is 5. The van der Waals surface area contributed by atoms with Crippen LogP contribution in [0.3, 0.4) is 0 Å². The Hall–Kier alpha value is -3.16. The van der Waals surface area contributed by atoms with Crippen molar-refractivity contribution in [3.8, 4) is 11.3 Å². The summed E-state index contributed by atoms with van der Waals surface area (Å²) in [5.74, 6) is -0.719. The van der Waals surface area contributed by atoms with Gasteiger partial charge in [-0.25, -0.2) is 9.78 Å². The van der Waals surface area contributed by atoms with Gasteiger partial charge in [0, 0.05) is 33.1 Å². The second-order valence-electron chi connectivity index (χ2n) is 6.41. The molecule has 0 saturated carbocycles. The van der Waals surface area contributed by atoms with Gasteiger partial charge in [-0.2, -0.15) is 0 Å². The average molecular weight is 426 g/mol. The highest BCUT2D eigenvalue weighted by Gasteiger charge is 2.16. The number of fused-ring (bicyclic) bond motifs is 1. The van der Waals surface area contributed by atoms with Crippen molar-refractivity contribution in [2.45, 2.75) is 6.92 Å². The molecule has 0 unspecified atom stereocenters. The predicted octanol–water partition coefficient (Wildman–Crippen LogP) is 5.29. The van der Waals surface area contributed by atoms with E-state index in [1.165, 1.54) is 18.4 Å². The van der Waals surface area contributed by atoms with Crippen LogP contribution in [-0.4, -0.2) is 29.0 Å². The number of ether oxygens (including phenoxy) is 1. The minimum absolute atomic E-state index is 0.287. The number of carbonyl (C=O) groups excluding carboxylic acids is 2. The van der Waals surface area contributed by atoms with Gasteiger partial charge < -0.3 is 9.72 Å². The molecule has 0 saturated heterocycles. The first-order valence-corrected chi connectivity index (χ1v) is 9.95. The number of aromatic nitrogens is 2. The van der Waals surface area contributed by atoms with Gasteiger partial charge in [-0.05, 0) is 30.7 Å². The summed E-state index contributed by atoms with van der Waals surface area (Å²) in [7, 11) is 1.33. The van der Waals surface area contributed by atoms with Crippen LogP contribution in [0.15, 0.2) is 48.0 Å². The molecule has 0 spiro atoms. The summed E-state index contributed by atoms with van der Waals surface area (Å²) in [5.41, 5.74) is 4.18. The summed E-state index contributed by atoms with van der Waals surface area (Å²) in [4.78, 5) is 31.9. The van der Waals surface area contributed by atoms with E-state index in [4.69, 9.17) is 16.3 Å². The summed E-state index contributed by atoms with van der Waals surface area (Å²) in [6.07, 6.45) is 1.61. The molecule has 2 aromatic carbocycles. The van der Waals surface area contributed by atoms with Crippen molar-refractivity contribution in [2.24, 2.45) is 0 Å². The molecule has 8 heteroatoms. The monoisotopic (exact) mass is 425 g/mol. The number of methoxy groups -OCH3 is 1. The number of aryl methyl sites for hydroxylation is 1. The summed E-state index contributed by atoms with van der Waals surface area (Å²) in [5, 5.41) is 6.56. The highest BCUT2D eigenvalue weighted by Crippen LogP contribution is 2.29. The number of rotatable bonds is 4. The first kappa shape index (κ1) is 19.2. The van der Waals surface area contributed by atoms with Crippen LogP contribution in [0.4, 0.5) is 5.13 Å². The van der Waals surface area contributed by atoms with Crippen LogP contribution < -0.4 is 5.32 Å². The highest BCUT2D eigenvalue weighted by molar-refractivity contribution is 7.14. The predicted molar refractivity (Wildman–Crippen MR) is 115 cm³/mol. The van der Waals surface area contributed by atoms with Crippen LogP contribution in [0.25, 0.3) is 22.2 Å². The quantitative estimate of drug-likeness (QED) is 0.435. The van der Waals surface area contributed by atoms with E-state index >= 15 is 0 Å². The van der Waals surface area contributed by atoms with Crippen molar-refractivity contribution in [3.63, 3.8) is 0 Å². The summed E-state index contributed by atoms with van der Waals surface area (Å²) < 4.78 is 4.72. The number of amides is 1. The maximum atomic E-state index is 12.7. The Kier molecular flexibility index (Phi) is 5.08.